The predicted octanol–water partition coefficient (Wildman–Crippen LogP) is 2.42. The van der Waals surface area contributed by atoms with Crippen molar-refractivity contribution in [1.29, 1.82) is 0 Å². The molecule has 5 heteroatoms. The van der Waals surface area contributed by atoms with Crippen molar-refractivity contribution in [2.24, 2.45) is 0 Å². The van der Waals surface area contributed by atoms with E-state index in [0.29, 0.717) is 12.2 Å². The summed E-state index contributed by atoms with van der Waals surface area (Å²) >= 11 is 0. The third-order valence-electron chi connectivity index (χ3n) is 3.22. The summed E-state index contributed by atoms with van der Waals surface area (Å²) in [6, 6.07) is 8.94. The Morgan fingerprint density at radius 3 is 2.76 bits per heavy atom. The Balaban J connectivity index is 2.27. The van der Waals surface area contributed by atoms with Crippen LogP contribution in [0.4, 0.5) is 5.69 Å². The fourth-order valence-corrected chi connectivity index (χ4v) is 2.10. The Bertz CT molecular complexity index is 641. The highest BCUT2D eigenvalue weighted by atomic mass is 16.3. The summed E-state index contributed by atoms with van der Waals surface area (Å²) in [7, 11) is 0. The molecule has 0 fully saturated rings. The topological polar surface area (TPSA) is 79.5 Å². The van der Waals surface area contributed by atoms with Gasteiger partial charge in [-0.2, -0.15) is 0 Å². The van der Waals surface area contributed by atoms with E-state index in [1.807, 2.05) is 32.0 Å². The molecule has 0 aliphatic carbocycles. The molecule has 0 aliphatic heterocycles. The molecule has 1 heterocycles. The quantitative estimate of drug-likeness (QED) is 0.845. The highest BCUT2D eigenvalue weighted by molar-refractivity contribution is 5.96. The van der Waals surface area contributed by atoms with Gasteiger partial charge in [-0.05, 0) is 37.6 Å². The van der Waals surface area contributed by atoms with Crippen LogP contribution >= 0.6 is 0 Å². The first-order chi connectivity index (χ1) is 9.99. The second kappa shape index (κ2) is 6.26. The zero-order valence-electron chi connectivity index (χ0n) is 12.2. The zero-order chi connectivity index (χ0) is 15.4. The molecule has 2 rings (SSSR count). The molecule has 0 saturated heterocycles. The minimum absolute atomic E-state index is 0.00787. The molecule has 110 valence electrons. The number of benzene rings is 1. The Morgan fingerprint density at radius 1 is 1.38 bits per heavy atom. The number of amides is 1. The first-order valence-corrected chi connectivity index (χ1v) is 6.77. The average Bonchev–Trinajstić information content (AvgIpc) is 2.44. The molecule has 0 spiro atoms. The van der Waals surface area contributed by atoms with Gasteiger partial charge in [0.2, 0.25) is 0 Å². The second-order valence-electron chi connectivity index (χ2n) is 5.16. The lowest BCUT2D eigenvalue weighted by Gasteiger charge is -2.27. The van der Waals surface area contributed by atoms with Crippen LogP contribution < -0.4 is 5.73 Å². The maximum absolute atomic E-state index is 12.6. The Kier molecular flexibility index (Phi) is 4.42. The van der Waals surface area contributed by atoms with Gasteiger partial charge in [-0.3, -0.25) is 9.78 Å². The van der Waals surface area contributed by atoms with Crippen molar-refractivity contribution >= 4 is 11.6 Å². The van der Waals surface area contributed by atoms with Gasteiger partial charge in [-0.15, -0.1) is 0 Å². The first-order valence-electron chi connectivity index (χ1n) is 6.77. The molecule has 0 atom stereocenters. The van der Waals surface area contributed by atoms with Crippen molar-refractivity contribution in [3.05, 3.63) is 53.9 Å². The van der Waals surface area contributed by atoms with E-state index >= 15 is 0 Å². The van der Waals surface area contributed by atoms with Gasteiger partial charge in [-0.25, -0.2) is 0 Å². The lowest BCUT2D eigenvalue weighted by atomic mass is 10.1. The Hall–Kier alpha value is -2.56. The number of aromatic hydroxyl groups is 1. The fourth-order valence-electron chi connectivity index (χ4n) is 2.10. The zero-order valence-corrected chi connectivity index (χ0v) is 12.2. The standard InChI is InChI=1S/C16H19N3O2/c1-11(2)19(10-12-4-3-5-13(17)8-12)16(21)14-6-7-18-9-15(14)20/h3-9,11,20H,10,17H2,1-2H3. The molecule has 0 aliphatic rings. The third-order valence-corrected chi connectivity index (χ3v) is 3.22. The molecular weight excluding hydrogens is 266 g/mol. The summed E-state index contributed by atoms with van der Waals surface area (Å²) in [4.78, 5) is 18.1. The third kappa shape index (κ3) is 3.51. The molecule has 0 unspecified atom stereocenters. The van der Waals surface area contributed by atoms with E-state index in [2.05, 4.69) is 4.98 Å². The van der Waals surface area contributed by atoms with Crippen molar-refractivity contribution in [3.8, 4) is 5.75 Å². The lowest BCUT2D eigenvalue weighted by molar-refractivity contribution is 0.0687. The predicted molar refractivity (Wildman–Crippen MR) is 81.8 cm³/mol. The van der Waals surface area contributed by atoms with Crippen LogP contribution in [0.2, 0.25) is 0 Å². The highest BCUT2D eigenvalue weighted by Gasteiger charge is 2.21. The van der Waals surface area contributed by atoms with Gasteiger partial charge in [0.25, 0.3) is 5.91 Å². The molecular formula is C16H19N3O2. The molecule has 0 radical (unpaired) electrons. The van der Waals surface area contributed by atoms with E-state index in [-0.39, 0.29) is 23.3 Å². The molecule has 1 aromatic heterocycles. The van der Waals surface area contributed by atoms with Gasteiger partial charge in [0.1, 0.15) is 5.75 Å². The SMILES string of the molecule is CC(C)N(Cc1cccc(N)c1)C(=O)c1ccncc1O. The number of hydrogen-bond acceptors (Lipinski definition) is 4. The van der Waals surface area contributed by atoms with Gasteiger partial charge < -0.3 is 15.7 Å². The molecule has 3 N–H and O–H groups in total. The summed E-state index contributed by atoms with van der Waals surface area (Å²) in [6.07, 6.45) is 2.76. The number of hydrogen-bond donors (Lipinski definition) is 2. The van der Waals surface area contributed by atoms with Crippen LogP contribution in [0, 0.1) is 0 Å². The molecule has 1 aromatic carbocycles. The maximum atomic E-state index is 12.6. The largest absolute Gasteiger partial charge is 0.505 e. The number of nitrogens with zero attached hydrogens (tertiary/aromatic N) is 2. The Morgan fingerprint density at radius 2 is 2.14 bits per heavy atom. The number of nitrogen functional groups attached to an aromatic ring is 1. The van der Waals surface area contributed by atoms with Crippen molar-refractivity contribution in [3.63, 3.8) is 0 Å². The highest BCUT2D eigenvalue weighted by Crippen LogP contribution is 2.20. The lowest BCUT2D eigenvalue weighted by Crippen LogP contribution is -2.36. The monoisotopic (exact) mass is 285 g/mol. The number of rotatable bonds is 4. The summed E-state index contributed by atoms with van der Waals surface area (Å²) in [5.41, 5.74) is 7.63. The van der Waals surface area contributed by atoms with Crippen LogP contribution in [0.25, 0.3) is 0 Å². The van der Waals surface area contributed by atoms with E-state index in [4.69, 9.17) is 5.73 Å². The van der Waals surface area contributed by atoms with E-state index in [1.54, 1.807) is 11.0 Å². The van der Waals surface area contributed by atoms with Crippen LogP contribution in [-0.2, 0) is 6.54 Å². The number of anilines is 1. The first kappa shape index (κ1) is 14.8. The summed E-state index contributed by atoms with van der Waals surface area (Å²) in [5, 5.41) is 9.79. The molecule has 2 aromatic rings. The summed E-state index contributed by atoms with van der Waals surface area (Å²) in [6.45, 7) is 4.30. The minimum atomic E-state index is -0.229. The molecule has 21 heavy (non-hydrogen) atoms. The van der Waals surface area contributed by atoms with Crippen molar-refractivity contribution in [2.45, 2.75) is 26.4 Å². The van der Waals surface area contributed by atoms with Crippen molar-refractivity contribution in [2.75, 3.05) is 5.73 Å². The van der Waals surface area contributed by atoms with Gasteiger partial charge in [0.15, 0.2) is 0 Å². The Labute approximate surface area is 124 Å². The minimum Gasteiger partial charge on any atom is -0.505 e. The van der Waals surface area contributed by atoms with Crippen LogP contribution in [-0.4, -0.2) is 26.9 Å². The van der Waals surface area contributed by atoms with Gasteiger partial charge in [0.05, 0.1) is 11.8 Å². The fraction of sp³-hybridized carbons (Fsp3) is 0.250. The van der Waals surface area contributed by atoms with Crippen LogP contribution in [0.15, 0.2) is 42.7 Å². The van der Waals surface area contributed by atoms with E-state index in [1.165, 1.54) is 18.5 Å². The van der Waals surface area contributed by atoms with Crippen molar-refractivity contribution in [1.82, 2.24) is 9.88 Å². The smallest absolute Gasteiger partial charge is 0.258 e. The summed E-state index contributed by atoms with van der Waals surface area (Å²) < 4.78 is 0. The van der Waals surface area contributed by atoms with E-state index < -0.39 is 0 Å². The molecule has 0 bridgehead atoms. The molecule has 5 nitrogen and oxygen atoms in total. The number of aromatic nitrogens is 1. The van der Waals surface area contributed by atoms with Crippen molar-refractivity contribution < 1.29 is 9.90 Å². The maximum Gasteiger partial charge on any atom is 0.258 e. The van der Waals surface area contributed by atoms with Crippen LogP contribution in [0.5, 0.6) is 5.75 Å². The number of carbonyl (C=O) groups is 1. The van der Waals surface area contributed by atoms with E-state index in [9.17, 15) is 9.90 Å². The average molecular weight is 285 g/mol. The number of pyridine rings is 1. The summed E-state index contributed by atoms with van der Waals surface area (Å²) in [5.74, 6) is -0.340. The number of carbonyl (C=O) groups excluding carboxylic acids is 1. The van der Waals surface area contributed by atoms with Gasteiger partial charge >= 0.3 is 0 Å². The second-order valence-corrected chi connectivity index (χ2v) is 5.16. The van der Waals surface area contributed by atoms with Crippen LogP contribution in [0.1, 0.15) is 29.8 Å². The number of nitrogens with two attached hydrogens (primary N) is 1. The van der Waals surface area contributed by atoms with E-state index in [0.717, 1.165) is 5.56 Å². The molecule has 0 saturated carbocycles. The normalized spacial score (nSPS) is 10.6. The molecule has 1 amide bonds. The van der Waals surface area contributed by atoms with Gasteiger partial charge in [0, 0.05) is 24.5 Å². The van der Waals surface area contributed by atoms with Gasteiger partial charge in [-0.1, -0.05) is 12.1 Å². The van der Waals surface area contributed by atoms with Crippen LogP contribution in [0.3, 0.4) is 0 Å².